The van der Waals surface area contributed by atoms with Crippen molar-refractivity contribution in [2.45, 2.75) is 13.0 Å². The number of carbonyl (C=O) groups is 1. The summed E-state index contributed by atoms with van der Waals surface area (Å²) in [7, 11) is 0. The Hall–Kier alpha value is -2.98. The summed E-state index contributed by atoms with van der Waals surface area (Å²) in [5, 5.41) is 0. The summed E-state index contributed by atoms with van der Waals surface area (Å²) in [5.74, 6) is 0.396. The average Bonchev–Trinajstić information content (AvgIpc) is 3.27. The number of nitrogens with zero attached hydrogens (tertiary/aromatic N) is 2. The van der Waals surface area contributed by atoms with Crippen LogP contribution in [0.5, 0.6) is 0 Å². The van der Waals surface area contributed by atoms with Gasteiger partial charge in [0.25, 0.3) is 5.91 Å². The van der Waals surface area contributed by atoms with Gasteiger partial charge in [0, 0.05) is 38.0 Å². The van der Waals surface area contributed by atoms with Crippen molar-refractivity contribution in [3.63, 3.8) is 0 Å². The minimum absolute atomic E-state index is 0.0165. The Labute approximate surface area is 165 Å². The fourth-order valence-electron chi connectivity index (χ4n) is 3.69. The van der Waals surface area contributed by atoms with Crippen LogP contribution in [0.4, 0.5) is 0 Å². The highest BCUT2D eigenvalue weighted by molar-refractivity contribution is 5.94. The Morgan fingerprint density at radius 1 is 1.04 bits per heavy atom. The van der Waals surface area contributed by atoms with Crippen molar-refractivity contribution in [3.05, 3.63) is 90.3 Å². The van der Waals surface area contributed by atoms with Crippen LogP contribution in [0.3, 0.4) is 0 Å². The molecule has 142 valence electrons. The van der Waals surface area contributed by atoms with Crippen molar-refractivity contribution in [2.24, 2.45) is 5.92 Å². The van der Waals surface area contributed by atoms with E-state index < -0.39 is 0 Å². The Kier molecular flexibility index (Phi) is 5.78. The van der Waals surface area contributed by atoms with Crippen LogP contribution in [0.1, 0.15) is 22.3 Å². The van der Waals surface area contributed by atoms with Gasteiger partial charge in [0.15, 0.2) is 0 Å². The maximum absolute atomic E-state index is 13.2. The standard InChI is InChI=1S/C24H24N2O2/c27-24(21-10-6-13-25-15-21)26(16-19-12-14-28-18-19)17-22-9-4-5-11-23(22)20-7-2-1-3-8-20/h1-11,13,15,19H,12,14,16-18H2. The first kappa shape index (κ1) is 18.4. The fraction of sp³-hybridized carbons (Fsp3) is 0.250. The van der Waals surface area contributed by atoms with Crippen LogP contribution < -0.4 is 0 Å². The van der Waals surface area contributed by atoms with Gasteiger partial charge in [-0.25, -0.2) is 0 Å². The Morgan fingerprint density at radius 3 is 2.61 bits per heavy atom. The number of pyridine rings is 1. The molecule has 1 atom stereocenters. The van der Waals surface area contributed by atoms with E-state index >= 15 is 0 Å². The molecule has 1 amide bonds. The molecule has 1 aromatic heterocycles. The average molecular weight is 372 g/mol. The Balaban J connectivity index is 1.63. The van der Waals surface area contributed by atoms with Crippen LogP contribution in [-0.4, -0.2) is 35.5 Å². The fourth-order valence-corrected chi connectivity index (χ4v) is 3.69. The normalized spacial score (nSPS) is 16.1. The van der Waals surface area contributed by atoms with Crippen molar-refractivity contribution >= 4 is 5.91 Å². The lowest BCUT2D eigenvalue weighted by Crippen LogP contribution is -2.35. The predicted molar refractivity (Wildman–Crippen MR) is 110 cm³/mol. The third-order valence-corrected chi connectivity index (χ3v) is 5.16. The third-order valence-electron chi connectivity index (χ3n) is 5.16. The number of amides is 1. The van der Waals surface area contributed by atoms with E-state index in [4.69, 9.17) is 4.74 Å². The molecule has 0 radical (unpaired) electrons. The minimum Gasteiger partial charge on any atom is -0.381 e. The molecule has 1 unspecified atom stereocenters. The lowest BCUT2D eigenvalue weighted by Gasteiger charge is -2.26. The molecule has 0 saturated carbocycles. The number of hydrogen-bond donors (Lipinski definition) is 0. The molecule has 2 heterocycles. The Bertz CT molecular complexity index is 906. The molecule has 4 nitrogen and oxygen atoms in total. The number of rotatable bonds is 6. The molecule has 4 rings (SSSR count). The van der Waals surface area contributed by atoms with Crippen LogP contribution in [0.15, 0.2) is 79.1 Å². The van der Waals surface area contributed by atoms with Crippen molar-refractivity contribution in [2.75, 3.05) is 19.8 Å². The topological polar surface area (TPSA) is 42.4 Å². The smallest absolute Gasteiger partial charge is 0.255 e. The second-order valence-electron chi connectivity index (χ2n) is 7.18. The summed E-state index contributed by atoms with van der Waals surface area (Å²) in [6.45, 7) is 2.75. The highest BCUT2D eigenvalue weighted by atomic mass is 16.5. The number of benzene rings is 2. The summed E-state index contributed by atoms with van der Waals surface area (Å²) in [6.07, 6.45) is 4.33. The van der Waals surface area contributed by atoms with Crippen molar-refractivity contribution in [1.29, 1.82) is 0 Å². The second kappa shape index (κ2) is 8.81. The summed E-state index contributed by atoms with van der Waals surface area (Å²) in [6, 6.07) is 22.3. The zero-order valence-corrected chi connectivity index (χ0v) is 15.8. The van der Waals surface area contributed by atoms with Crippen molar-refractivity contribution in [3.8, 4) is 11.1 Å². The first-order valence-electron chi connectivity index (χ1n) is 9.71. The molecule has 0 aliphatic carbocycles. The van der Waals surface area contributed by atoms with Gasteiger partial charge < -0.3 is 9.64 Å². The highest BCUT2D eigenvalue weighted by Gasteiger charge is 2.24. The summed E-state index contributed by atoms with van der Waals surface area (Å²) in [5.41, 5.74) is 4.09. The van der Waals surface area contributed by atoms with Gasteiger partial charge in [0.1, 0.15) is 0 Å². The molecular weight excluding hydrogens is 348 g/mol. The van der Waals surface area contributed by atoms with E-state index in [1.165, 1.54) is 0 Å². The number of aromatic nitrogens is 1. The second-order valence-corrected chi connectivity index (χ2v) is 7.18. The molecule has 2 aromatic carbocycles. The van der Waals surface area contributed by atoms with Crippen LogP contribution in [-0.2, 0) is 11.3 Å². The molecular formula is C24H24N2O2. The van der Waals surface area contributed by atoms with Crippen LogP contribution in [0.25, 0.3) is 11.1 Å². The molecule has 0 N–H and O–H groups in total. The summed E-state index contributed by atoms with van der Waals surface area (Å²) >= 11 is 0. The van der Waals surface area contributed by atoms with E-state index in [0.29, 0.717) is 24.6 Å². The molecule has 4 heteroatoms. The largest absolute Gasteiger partial charge is 0.381 e. The monoisotopic (exact) mass is 372 g/mol. The zero-order valence-electron chi connectivity index (χ0n) is 15.8. The lowest BCUT2D eigenvalue weighted by molar-refractivity contribution is 0.0706. The van der Waals surface area contributed by atoms with E-state index in [1.54, 1.807) is 12.4 Å². The van der Waals surface area contributed by atoms with Gasteiger partial charge in [-0.2, -0.15) is 0 Å². The van der Waals surface area contributed by atoms with Gasteiger partial charge in [-0.05, 0) is 35.2 Å². The van der Waals surface area contributed by atoms with Gasteiger partial charge in [-0.3, -0.25) is 9.78 Å². The van der Waals surface area contributed by atoms with Gasteiger partial charge in [0.05, 0.1) is 12.2 Å². The molecule has 28 heavy (non-hydrogen) atoms. The van der Waals surface area contributed by atoms with Gasteiger partial charge in [0.2, 0.25) is 0 Å². The minimum atomic E-state index is 0.0165. The molecule has 1 saturated heterocycles. The maximum atomic E-state index is 13.2. The van der Waals surface area contributed by atoms with Gasteiger partial charge >= 0.3 is 0 Å². The van der Waals surface area contributed by atoms with Crippen molar-refractivity contribution in [1.82, 2.24) is 9.88 Å². The van der Waals surface area contributed by atoms with E-state index in [-0.39, 0.29) is 5.91 Å². The molecule has 0 spiro atoms. The Morgan fingerprint density at radius 2 is 1.86 bits per heavy atom. The van der Waals surface area contributed by atoms with E-state index in [2.05, 4.69) is 29.2 Å². The van der Waals surface area contributed by atoms with Crippen LogP contribution in [0, 0.1) is 5.92 Å². The molecule has 3 aromatic rings. The molecule has 1 fully saturated rings. The number of carbonyl (C=O) groups excluding carboxylic acids is 1. The molecule has 1 aliphatic rings. The maximum Gasteiger partial charge on any atom is 0.255 e. The van der Waals surface area contributed by atoms with E-state index in [9.17, 15) is 4.79 Å². The SMILES string of the molecule is O=C(c1cccnc1)N(Cc1ccccc1-c1ccccc1)CC1CCOC1. The van der Waals surface area contributed by atoms with Gasteiger partial charge in [-0.1, -0.05) is 54.6 Å². The first-order chi connectivity index (χ1) is 13.8. The quantitative estimate of drug-likeness (QED) is 0.643. The molecule has 0 bridgehead atoms. The lowest BCUT2D eigenvalue weighted by atomic mass is 9.98. The highest BCUT2D eigenvalue weighted by Crippen LogP contribution is 2.26. The first-order valence-corrected chi connectivity index (χ1v) is 9.71. The predicted octanol–water partition coefficient (Wildman–Crippen LogP) is 4.43. The van der Waals surface area contributed by atoms with Gasteiger partial charge in [-0.15, -0.1) is 0 Å². The number of ether oxygens (including phenoxy) is 1. The van der Waals surface area contributed by atoms with Crippen LogP contribution >= 0.6 is 0 Å². The molecule has 1 aliphatic heterocycles. The zero-order chi connectivity index (χ0) is 19.2. The third kappa shape index (κ3) is 4.29. The van der Waals surface area contributed by atoms with Crippen LogP contribution in [0.2, 0.25) is 0 Å². The number of hydrogen-bond acceptors (Lipinski definition) is 3. The van der Waals surface area contributed by atoms with E-state index in [0.717, 1.165) is 36.3 Å². The van der Waals surface area contributed by atoms with Crippen molar-refractivity contribution < 1.29 is 9.53 Å². The summed E-state index contributed by atoms with van der Waals surface area (Å²) < 4.78 is 5.54. The van der Waals surface area contributed by atoms with E-state index in [1.807, 2.05) is 47.4 Å². The summed E-state index contributed by atoms with van der Waals surface area (Å²) in [4.78, 5) is 19.3.